The molecule has 20 heavy (non-hydrogen) atoms. The highest BCUT2D eigenvalue weighted by Crippen LogP contribution is 2.19. The van der Waals surface area contributed by atoms with Gasteiger partial charge in [-0.25, -0.2) is 0 Å². The summed E-state index contributed by atoms with van der Waals surface area (Å²) < 4.78 is 5.29. The summed E-state index contributed by atoms with van der Waals surface area (Å²) in [7, 11) is 0. The summed E-state index contributed by atoms with van der Waals surface area (Å²) in [5.41, 5.74) is 9.14. The van der Waals surface area contributed by atoms with Gasteiger partial charge in [0.15, 0.2) is 0 Å². The predicted molar refractivity (Wildman–Crippen MR) is 83.3 cm³/mol. The Morgan fingerprint density at radius 1 is 1.25 bits per heavy atom. The molecule has 0 spiro atoms. The van der Waals surface area contributed by atoms with Gasteiger partial charge >= 0.3 is 0 Å². The molecule has 1 saturated heterocycles. The summed E-state index contributed by atoms with van der Waals surface area (Å²) in [6.45, 7) is 5.44. The van der Waals surface area contributed by atoms with Gasteiger partial charge in [-0.05, 0) is 55.9 Å². The van der Waals surface area contributed by atoms with E-state index in [2.05, 4.69) is 11.4 Å². The highest BCUT2D eigenvalue weighted by Gasteiger charge is 2.26. The van der Waals surface area contributed by atoms with Crippen LogP contribution in [0.4, 0.5) is 5.69 Å². The van der Waals surface area contributed by atoms with Gasteiger partial charge in [-0.3, -0.25) is 4.79 Å². The number of hydrogen-bond acceptors (Lipinski definition) is 3. The van der Waals surface area contributed by atoms with Gasteiger partial charge in [0.05, 0.1) is 6.04 Å². The molecule has 1 aromatic rings. The van der Waals surface area contributed by atoms with Crippen LogP contribution in [0.3, 0.4) is 0 Å². The van der Waals surface area contributed by atoms with Crippen molar-refractivity contribution in [2.45, 2.75) is 32.7 Å². The van der Waals surface area contributed by atoms with Crippen molar-refractivity contribution in [3.8, 4) is 0 Å². The number of carbonyl (C=O) groups excluding carboxylic acids is 1. The monoisotopic (exact) mass is 298 g/mol. The molecule has 1 aromatic carbocycles. The number of nitrogens with one attached hydrogen (secondary N) is 1. The standard InChI is InChI=1S/C15H22N2O2.ClH/c1-10-7-11(2)9-13(8-10)17-15(18)14(16)12-3-5-19-6-4-12;/h7-9,12,14H,3-6,16H2,1-2H3,(H,17,18);1H. The molecule has 5 heteroatoms. The van der Waals surface area contributed by atoms with Crippen molar-refractivity contribution >= 4 is 24.0 Å². The van der Waals surface area contributed by atoms with Gasteiger partial charge in [-0.2, -0.15) is 0 Å². The molecule has 0 bridgehead atoms. The predicted octanol–water partition coefficient (Wildman–Crippen LogP) is 2.42. The Kier molecular flexibility index (Phi) is 6.46. The van der Waals surface area contributed by atoms with E-state index in [0.29, 0.717) is 13.2 Å². The smallest absolute Gasteiger partial charge is 0.241 e. The Labute approximate surface area is 126 Å². The fourth-order valence-corrected chi connectivity index (χ4v) is 2.56. The molecule has 112 valence electrons. The second kappa shape index (κ2) is 7.62. The zero-order valence-electron chi connectivity index (χ0n) is 12.0. The Bertz CT molecular complexity index is 439. The van der Waals surface area contributed by atoms with Crippen molar-refractivity contribution in [1.29, 1.82) is 0 Å². The number of rotatable bonds is 3. The third-order valence-electron chi connectivity index (χ3n) is 3.57. The van der Waals surface area contributed by atoms with Crippen LogP contribution in [0.1, 0.15) is 24.0 Å². The fraction of sp³-hybridized carbons (Fsp3) is 0.533. The molecule has 2 rings (SSSR count). The van der Waals surface area contributed by atoms with Crippen molar-refractivity contribution in [3.05, 3.63) is 29.3 Å². The number of nitrogens with two attached hydrogens (primary N) is 1. The number of aryl methyl sites for hydroxylation is 2. The zero-order chi connectivity index (χ0) is 13.8. The van der Waals surface area contributed by atoms with Crippen LogP contribution in [0.25, 0.3) is 0 Å². The lowest BCUT2D eigenvalue weighted by Gasteiger charge is -2.26. The normalized spacial score (nSPS) is 17.1. The van der Waals surface area contributed by atoms with E-state index in [-0.39, 0.29) is 24.2 Å². The minimum Gasteiger partial charge on any atom is -0.381 e. The van der Waals surface area contributed by atoms with Gasteiger partial charge in [0, 0.05) is 18.9 Å². The van der Waals surface area contributed by atoms with E-state index in [9.17, 15) is 4.79 Å². The summed E-state index contributed by atoms with van der Waals surface area (Å²) in [5.74, 6) is 0.122. The average Bonchev–Trinajstić information content (AvgIpc) is 2.37. The number of benzene rings is 1. The van der Waals surface area contributed by atoms with E-state index in [1.165, 1.54) is 0 Å². The lowest BCUT2D eigenvalue weighted by molar-refractivity contribution is -0.119. The maximum atomic E-state index is 12.2. The SMILES string of the molecule is Cc1cc(C)cc(NC(=O)C(N)C2CCOCC2)c1.Cl. The van der Waals surface area contributed by atoms with Gasteiger partial charge in [0.25, 0.3) is 0 Å². The number of carbonyl (C=O) groups is 1. The third-order valence-corrected chi connectivity index (χ3v) is 3.57. The molecule has 0 aromatic heterocycles. The van der Waals surface area contributed by atoms with E-state index in [1.807, 2.05) is 26.0 Å². The van der Waals surface area contributed by atoms with Crippen LogP contribution >= 0.6 is 12.4 Å². The first-order chi connectivity index (χ1) is 9.06. The zero-order valence-corrected chi connectivity index (χ0v) is 12.8. The molecular formula is C15H23ClN2O2. The lowest BCUT2D eigenvalue weighted by Crippen LogP contribution is -2.44. The van der Waals surface area contributed by atoms with Gasteiger partial charge in [-0.1, -0.05) is 6.07 Å². The number of ether oxygens (including phenoxy) is 1. The molecule has 0 radical (unpaired) electrons. The van der Waals surface area contributed by atoms with Gasteiger partial charge in [0.2, 0.25) is 5.91 Å². The van der Waals surface area contributed by atoms with Crippen molar-refractivity contribution in [2.24, 2.45) is 11.7 Å². The van der Waals surface area contributed by atoms with E-state index in [0.717, 1.165) is 29.7 Å². The lowest BCUT2D eigenvalue weighted by atomic mass is 9.92. The van der Waals surface area contributed by atoms with E-state index >= 15 is 0 Å². The second-order valence-electron chi connectivity index (χ2n) is 5.34. The van der Waals surface area contributed by atoms with Crippen molar-refractivity contribution in [3.63, 3.8) is 0 Å². The topological polar surface area (TPSA) is 64.4 Å². The largest absolute Gasteiger partial charge is 0.381 e. The average molecular weight is 299 g/mol. The summed E-state index contributed by atoms with van der Waals surface area (Å²) in [5, 5.41) is 2.92. The first-order valence-corrected chi connectivity index (χ1v) is 6.79. The molecule has 4 nitrogen and oxygen atoms in total. The van der Waals surface area contributed by atoms with Gasteiger partial charge < -0.3 is 15.8 Å². The van der Waals surface area contributed by atoms with Crippen LogP contribution in [0.2, 0.25) is 0 Å². The molecule has 1 aliphatic heterocycles. The summed E-state index contributed by atoms with van der Waals surface area (Å²) in [6, 6.07) is 5.54. The first kappa shape index (κ1) is 17.0. The van der Waals surface area contributed by atoms with E-state index in [4.69, 9.17) is 10.5 Å². The molecular weight excluding hydrogens is 276 g/mol. The molecule has 1 unspecified atom stereocenters. The number of halogens is 1. The molecule has 1 fully saturated rings. The maximum Gasteiger partial charge on any atom is 0.241 e. The highest BCUT2D eigenvalue weighted by molar-refractivity contribution is 5.95. The van der Waals surface area contributed by atoms with Crippen molar-refractivity contribution in [1.82, 2.24) is 0 Å². The molecule has 0 saturated carbocycles. The molecule has 1 aliphatic rings. The number of hydrogen-bond donors (Lipinski definition) is 2. The van der Waals surface area contributed by atoms with Crippen LogP contribution < -0.4 is 11.1 Å². The summed E-state index contributed by atoms with van der Waals surface area (Å²) >= 11 is 0. The van der Waals surface area contributed by atoms with E-state index in [1.54, 1.807) is 0 Å². The second-order valence-corrected chi connectivity index (χ2v) is 5.34. The number of amides is 1. The first-order valence-electron chi connectivity index (χ1n) is 6.79. The highest BCUT2D eigenvalue weighted by atomic mass is 35.5. The minimum atomic E-state index is -0.454. The van der Waals surface area contributed by atoms with Crippen LogP contribution in [-0.4, -0.2) is 25.2 Å². The van der Waals surface area contributed by atoms with Crippen LogP contribution in [-0.2, 0) is 9.53 Å². The third kappa shape index (κ3) is 4.47. The summed E-state index contributed by atoms with van der Waals surface area (Å²) in [4.78, 5) is 12.2. The van der Waals surface area contributed by atoms with Crippen LogP contribution in [0, 0.1) is 19.8 Å². The molecule has 1 atom stereocenters. The van der Waals surface area contributed by atoms with E-state index < -0.39 is 6.04 Å². The Hall–Kier alpha value is -1.10. The van der Waals surface area contributed by atoms with Crippen LogP contribution in [0.15, 0.2) is 18.2 Å². The Balaban J connectivity index is 0.00000200. The molecule has 3 N–H and O–H groups in total. The molecule has 1 amide bonds. The molecule has 0 aliphatic carbocycles. The quantitative estimate of drug-likeness (QED) is 0.901. The molecule has 1 heterocycles. The van der Waals surface area contributed by atoms with Gasteiger partial charge in [-0.15, -0.1) is 12.4 Å². The Morgan fingerprint density at radius 3 is 2.35 bits per heavy atom. The number of anilines is 1. The Morgan fingerprint density at radius 2 is 1.80 bits per heavy atom. The van der Waals surface area contributed by atoms with Gasteiger partial charge in [0.1, 0.15) is 0 Å². The fourth-order valence-electron chi connectivity index (χ4n) is 2.56. The summed E-state index contributed by atoms with van der Waals surface area (Å²) in [6.07, 6.45) is 1.73. The minimum absolute atomic E-state index is 0. The van der Waals surface area contributed by atoms with Crippen molar-refractivity contribution in [2.75, 3.05) is 18.5 Å². The maximum absolute atomic E-state index is 12.2. The van der Waals surface area contributed by atoms with Crippen LogP contribution in [0.5, 0.6) is 0 Å². The van der Waals surface area contributed by atoms with Crippen molar-refractivity contribution < 1.29 is 9.53 Å².